The van der Waals surface area contributed by atoms with E-state index >= 15 is 0 Å². The summed E-state index contributed by atoms with van der Waals surface area (Å²) in [6.07, 6.45) is 0. The van der Waals surface area contributed by atoms with Gasteiger partial charge in [0.15, 0.2) is 0 Å². The van der Waals surface area contributed by atoms with Crippen LogP contribution >= 0.6 is 0 Å². The zero-order valence-electron chi connectivity index (χ0n) is 6.70. The molecule has 0 heterocycles. The smallest absolute Gasteiger partial charge is 1.00 e. The van der Waals surface area contributed by atoms with Crippen LogP contribution < -0.4 is 0 Å². The third-order valence-corrected chi connectivity index (χ3v) is 0. The zero-order chi connectivity index (χ0) is 0. The molecule has 0 aliphatic heterocycles. The van der Waals surface area contributed by atoms with Gasteiger partial charge in [0.2, 0.25) is 0 Å². The molecule has 0 atom stereocenters. The van der Waals surface area contributed by atoms with Crippen LogP contribution in [0.3, 0.4) is 0 Å². The first-order valence-electron chi connectivity index (χ1n) is 0. The SMILES string of the molecule is [Al].[Ca+2].[H-].[H-].[H-].[H-].[Mg+2].[Zn]. The Morgan fingerprint density at radius 1 is 1.25 bits per heavy atom. The van der Waals surface area contributed by atoms with Crippen molar-refractivity contribution in [3.63, 3.8) is 0 Å². The zero-order valence-corrected chi connectivity index (χ0v) is 10.4. The van der Waals surface area contributed by atoms with Gasteiger partial charge in [0.05, 0.1) is 0 Å². The molecule has 0 saturated heterocycles. The Morgan fingerprint density at radius 2 is 1.25 bits per heavy atom. The average Bonchev–Trinajstić information content (AvgIpc) is 0. The molecule has 0 spiro atoms. The number of rotatable bonds is 0. The summed E-state index contributed by atoms with van der Waals surface area (Å²) in [6, 6.07) is 0. The van der Waals surface area contributed by atoms with Crippen LogP contribution in [0.1, 0.15) is 5.71 Å². The topological polar surface area (TPSA) is 0 Å². The van der Waals surface area contributed by atoms with Crippen molar-refractivity contribution in [3.05, 3.63) is 0 Å². The van der Waals surface area contributed by atoms with Crippen molar-refractivity contribution in [2.75, 3.05) is 0 Å². The maximum atomic E-state index is 0. The van der Waals surface area contributed by atoms with Gasteiger partial charge < -0.3 is 5.71 Å². The summed E-state index contributed by atoms with van der Waals surface area (Å²) in [6.45, 7) is 0. The molecular formula is H4AlCaMgZn. The Hall–Kier alpha value is 3.18. The fourth-order valence-corrected chi connectivity index (χ4v) is 0. The molecule has 0 N–H and O–H groups in total. The molecule has 4 heavy (non-hydrogen) atoms. The van der Waals surface area contributed by atoms with E-state index in [9.17, 15) is 0 Å². The van der Waals surface area contributed by atoms with Crippen molar-refractivity contribution < 1.29 is 25.2 Å². The quantitative estimate of drug-likeness (QED) is 0.412. The summed E-state index contributed by atoms with van der Waals surface area (Å²) in [4.78, 5) is 0. The predicted molar refractivity (Wildman–Crippen MR) is 21.7 cm³/mol. The van der Waals surface area contributed by atoms with E-state index in [1.807, 2.05) is 0 Å². The van der Waals surface area contributed by atoms with Crippen LogP contribution in [-0.4, -0.2) is 78.2 Å². The number of hydrogen-bond acceptors (Lipinski definition) is 0. The summed E-state index contributed by atoms with van der Waals surface area (Å²) in [5, 5.41) is 0. The first kappa shape index (κ1) is 27.1. The Balaban J connectivity index is 0. The van der Waals surface area contributed by atoms with Gasteiger partial charge in [-0.1, -0.05) is 0 Å². The minimum absolute atomic E-state index is 0. The van der Waals surface area contributed by atoms with E-state index in [0.717, 1.165) is 0 Å². The van der Waals surface area contributed by atoms with Crippen molar-refractivity contribution >= 4 is 78.2 Å². The second-order valence-corrected chi connectivity index (χ2v) is 0. The molecule has 0 aromatic carbocycles. The minimum Gasteiger partial charge on any atom is -1.00 e. The van der Waals surface area contributed by atoms with Crippen LogP contribution in [0, 0.1) is 0 Å². The second-order valence-electron chi connectivity index (χ2n) is 0. The van der Waals surface area contributed by atoms with Crippen LogP contribution in [0.25, 0.3) is 0 Å². The Labute approximate surface area is 101 Å². The van der Waals surface area contributed by atoms with Gasteiger partial charge in [-0.05, 0) is 0 Å². The third-order valence-electron chi connectivity index (χ3n) is 0. The molecular weight excluding hydrogens is 157 g/mol. The molecule has 0 rings (SSSR count). The van der Waals surface area contributed by atoms with Crippen molar-refractivity contribution in [2.45, 2.75) is 0 Å². The summed E-state index contributed by atoms with van der Waals surface area (Å²) in [5.41, 5.74) is 0. The molecule has 4 heteroatoms. The largest absolute Gasteiger partial charge is 2.00 e. The van der Waals surface area contributed by atoms with Crippen LogP contribution in [0.5, 0.6) is 0 Å². The summed E-state index contributed by atoms with van der Waals surface area (Å²) in [5.74, 6) is 0. The van der Waals surface area contributed by atoms with Crippen molar-refractivity contribution in [1.82, 2.24) is 0 Å². The van der Waals surface area contributed by atoms with E-state index in [0.29, 0.717) is 0 Å². The Morgan fingerprint density at radius 3 is 1.25 bits per heavy atom. The second kappa shape index (κ2) is 16.4. The van der Waals surface area contributed by atoms with Crippen LogP contribution in [-0.2, 0) is 19.5 Å². The molecule has 13 valence electrons. The first-order valence-corrected chi connectivity index (χ1v) is 0. The molecule has 0 amide bonds. The molecule has 0 bridgehead atoms. The van der Waals surface area contributed by atoms with Crippen LogP contribution in [0.2, 0.25) is 0 Å². The van der Waals surface area contributed by atoms with Crippen molar-refractivity contribution in [2.24, 2.45) is 0 Å². The summed E-state index contributed by atoms with van der Waals surface area (Å²) >= 11 is 0. The molecule has 3 radical (unpaired) electrons. The van der Waals surface area contributed by atoms with E-state index in [1.165, 1.54) is 0 Å². The van der Waals surface area contributed by atoms with E-state index in [4.69, 9.17) is 0 Å². The Kier molecular flexibility index (Phi) is 111. The molecule has 0 fully saturated rings. The summed E-state index contributed by atoms with van der Waals surface area (Å²) < 4.78 is 0. The molecule has 0 aliphatic rings. The van der Waals surface area contributed by atoms with Crippen LogP contribution in [0.15, 0.2) is 0 Å². The molecule has 0 unspecified atom stereocenters. The van der Waals surface area contributed by atoms with Gasteiger partial charge in [0.25, 0.3) is 0 Å². The number of hydrogen-bond donors (Lipinski definition) is 0. The van der Waals surface area contributed by atoms with Crippen molar-refractivity contribution in [3.8, 4) is 0 Å². The van der Waals surface area contributed by atoms with Gasteiger partial charge in [-0.25, -0.2) is 0 Å². The normalized spacial score (nSPS) is 0. The van der Waals surface area contributed by atoms with E-state index in [-0.39, 0.29) is 103 Å². The summed E-state index contributed by atoms with van der Waals surface area (Å²) in [7, 11) is 0. The maximum absolute atomic E-state index is 0. The van der Waals surface area contributed by atoms with Gasteiger partial charge in [-0.3, -0.25) is 0 Å². The van der Waals surface area contributed by atoms with Crippen molar-refractivity contribution in [1.29, 1.82) is 0 Å². The van der Waals surface area contributed by atoms with Gasteiger partial charge in [0.1, 0.15) is 0 Å². The minimum atomic E-state index is 0. The van der Waals surface area contributed by atoms with Gasteiger partial charge in [-0.15, -0.1) is 0 Å². The van der Waals surface area contributed by atoms with Gasteiger partial charge in [-0.2, -0.15) is 0 Å². The first-order chi connectivity index (χ1) is 0. The average molecular weight is 161 g/mol. The van der Waals surface area contributed by atoms with Crippen LogP contribution in [0.4, 0.5) is 0 Å². The molecule has 0 aromatic rings. The molecule has 0 saturated carbocycles. The Bertz CT molecular complexity index is 16.0. The molecule has 0 aromatic heterocycles. The standard InChI is InChI=1S/Al.Ca.Mg.Zn.4H/q;2*+2;;4*-1. The van der Waals surface area contributed by atoms with Gasteiger partial charge in [0, 0.05) is 36.8 Å². The maximum Gasteiger partial charge on any atom is 2.00 e. The monoisotopic (exact) mass is 159 g/mol. The van der Waals surface area contributed by atoms with E-state index < -0.39 is 0 Å². The third kappa shape index (κ3) is 8.95. The molecule has 0 aliphatic carbocycles. The molecule has 0 nitrogen and oxygen atoms in total. The van der Waals surface area contributed by atoms with E-state index in [2.05, 4.69) is 0 Å². The van der Waals surface area contributed by atoms with Gasteiger partial charge >= 0.3 is 60.8 Å². The fourth-order valence-electron chi connectivity index (χ4n) is 0. The fraction of sp³-hybridized carbons (Fsp3) is 0. The predicted octanol–water partition coefficient (Wildman–Crippen LogP) is -0.695. The van der Waals surface area contributed by atoms with E-state index in [1.54, 1.807) is 0 Å².